The zero-order valence-corrected chi connectivity index (χ0v) is 9.48. The first-order valence-electron chi connectivity index (χ1n) is 5.26. The van der Waals surface area contributed by atoms with Gasteiger partial charge in [0.05, 0.1) is 12.6 Å². The largest absolute Gasteiger partial charge is 0.389 e. The number of amides is 1. The third-order valence-electron chi connectivity index (χ3n) is 2.34. The monoisotopic (exact) mass is 238 g/mol. The van der Waals surface area contributed by atoms with Crippen LogP contribution < -0.4 is 4.90 Å². The van der Waals surface area contributed by atoms with Gasteiger partial charge in [-0.15, -0.1) is 0 Å². The van der Waals surface area contributed by atoms with Crippen molar-refractivity contribution in [1.29, 1.82) is 0 Å². The number of hydroxylamine groups is 2. The van der Waals surface area contributed by atoms with E-state index >= 15 is 0 Å². The minimum atomic E-state index is -0.600. The van der Waals surface area contributed by atoms with E-state index in [1.807, 2.05) is 0 Å². The van der Waals surface area contributed by atoms with Crippen LogP contribution in [0, 0.1) is 0 Å². The summed E-state index contributed by atoms with van der Waals surface area (Å²) in [4.78, 5) is 26.5. The molecule has 2 rings (SSSR count). The normalized spacial score (nSPS) is 19.4. The molecule has 0 bridgehead atoms. The van der Waals surface area contributed by atoms with Gasteiger partial charge in [-0.1, -0.05) is 0 Å². The van der Waals surface area contributed by atoms with Crippen LogP contribution in [-0.2, 0) is 9.63 Å². The van der Waals surface area contributed by atoms with Crippen molar-refractivity contribution >= 4 is 11.9 Å². The quantitative estimate of drug-likeness (QED) is 0.731. The maximum absolute atomic E-state index is 11.8. The molecule has 1 aromatic heterocycles. The summed E-state index contributed by atoms with van der Waals surface area (Å²) in [5.41, 5.74) is 0. The van der Waals surface area contributed by atoms with Gasteiger partial charge in [0, 0.05) is 19.4 Å². The highest BCUT2D eigenvalue weighted by molar-refractivity contribution is 5.80. The molecule has 1 N–H and O–H groups in total. The van der Waals surface area contributed by atoms with Gasteiger partial charge in [0.15, 0.2) is 0 Å². The number of likely N-dealkylation sites (N-methyl/N-ethyl adjacent to an activating group) is 1. The number of hydrogen-bond acceptors (Lipinski definition) is 6. The van der Waals surface area contributed by atoms with Crippen molar-refractivity contribution < 1.29 is 14.7 Å². The lowest BCUT2D eigenvalue weighted by molar-refractivity contribution is -0.167. The van der Waals surface area contributed by atoms with E-state index in [0.29, 0.717) is 5.95 Å². The van der Waals surface area contributed by atoms with Crippen LogP contribution >= 0.6 is 0 Å². The molecule has 0 aromatic carbocycles. The molecule has 0 spiro atoms. The van der Waals surface area contributed by atoms with Crippen LogP contribution in [0.1, 0.15) is 0 Å². The van der Waals surface area contributed by atoms with Gasteiger partial charge in [-0.2, -0.15) is 0 Å². The predicted molar refractivity (Wildman–Crippen MR) is 59.0 cm³/mol. The van der Waals surface area contributed by atoms with E-state index in [1.165, 1.54) is 5.06 Å². The fourth-order valence-electron chi connectivity index (χ4n) is 1.49. The number of carbonyl (C=O) groups is 1. The molecular formula is C10H14N4O3. The second kappa shape index (κ2) is 5.07. The van der Waals surface area contributed by atoms with Crippen LogP contribution in [0.5, 0.6) is 0 Å². The van der Waals surface area contributed by atoms with E-state index in [-0.39, 0.29) is 25.6 Å². The van der Waals surface area contributed by atoms with Crippen LogP contribution in [0.2, 0.25) is 0 Å². The number of nitrogens with zero attached hydrogens (tertiary/aromatic N) is 4. The van der Waals surface area contributed by atoms with Gasteiger partial charge >= 0.3 is 0 Å². The molecule has 1 aliphatic heterocycles. The van der Waals surface area contributed by atoms with Crippen LogP contribution in [0.4, 0.5) is 5.95 Å². The van der Waals surface area contributed by atoms with Crippen LogP contribution in [0.3, 0.4) is 0 Å². The molecule has 1 saturated heterocycles. The summed E-state index contributed by atoms with van der Waals surface area (Å²) in [6, 6.07) is 1.71. The van der Waals surface area contributed by atoms with Crippen molar-refractivity contribution in [1.82, 2.24) is 15.0 Å². The van der Waals surface area contributed by atoms with Crippen LogP contribution in [0.15, 0.2) is 18.5 Å². The minimum absolute atomic E-state index is 0.108. The molecule has 1 fully saturated rings. The molecule has 1 amide bonds. The second-order valence-electron chi connectivity index (χ2n) is 3.81. The van der Waals surface area contributed by atoms with E-state index < -0.39 is 6.10 Å². The number of aromatic nitrogens is 2. The first-order chi connectivity index (χ1) is 8.16. The first-order valence-corrected chi connectivity index (χ1v) is 5.26. The van der Waals surface area contributed by atoms with E-state index in [0.717, 1.165) is 0 Å². The Morgan fingerprint density at radius 1 is 1.65 bits per heavy atom. The van der Waals surface area contributed by atoms with Gasteiger partial charge < -0.3 is 10.0 Å². The SMILES string of the molecule is CN(CC(=O)N1C[C@@H](O)CO1)c1ncccn1. The molecule has 0 aliphatic carbocycles. The van der Waals surface area contributed by atoms with Gasteiger partial charge in [-0.05, 0) is 6.07 Å². The Kier molecular flexibility index (Phi) is 3.50. The Hall–Kier alpha value is -1.73. The summed E-state index contributed by atoms with van der Waals surface area (Å²) in [5, 5.41) is 10.4. The van der Waals surface area contributed by atoms with Gasteiger partial charge in [0.25, 0.3) is 5.91 Å². The number of rotatable bonds is 3. The Labute approximate surface area is 98.6 Å². The number of β-amino-alcohol motifs (C(OH)–C–C–N with tert-alkyl or cyclic N) is 1. The molecule has 1 aromatic rings. The summed E-state index contributed by atoms with van der Waals surface area (Å²) < 4.78 is 0. The molecular weight excluding hydrogens is 224 g/mol. The summed E-state index contributed by atoms with van der Waals surface area (Å²) >= 11 is 0. The molecule has 0 saturated carbocycles. The zero-order chi connectivity index (χ0) is 12.3. The van der Waals surface area contributed by atoms with E-state index in [1.54, 1.807) is 30.4 Å². The average Bonchev–Trinajstić information content (AvgIpc) is 2.77. The van der Waals surface area contributed by atoms with E-state index in [9.17, 15) is 9.90 Å². The fourth-order valence-corrected chi connectivity index (χ4v) is 1.49. The summed E-state index contributed by atoms with van der Waals surface area (Å²) in [7, 11) is 1.72. The topological polar surface area (TPSA) is 78.8 Å². The molecule has 7 heteroatoms. The predicted octanol–water partition coefficient (Wildman–Crippen LogP) is -0.952. The molecule has 1 aliphatic rings. The number of aliphatic hydroxyl groups is 1. The van der Waals surface area contributed by atoms with Gasteiger partial charge in [-0.3, -0.25) is 9.63 Å². The zero-order valence-electron chi connectivity index (χ0n) is 9.48. The van der Waals surface area contributed by atoms with Crippen molar-refractivity contribution in [2.45, 2.75) is 6.10 Å². The standard InChI is InChI=1S/C10H14N4O3/c1-13(10-11-3-2-4-12-10)6-9(16)14-5-8(15)7-17-14/h2-4,8,15H,5-7H2,1H3/t8-/m1/s1. The Morgan fingerprint density at radius 3 is 2.94 bits per heavy atom. The maximum atomic E-state index is 11.8. The fraction of sp³-hybridized carbons (Fsp3) is 0.500. The van der Waals surface area contributed by atoms with E-state index in [4.69, 9.17) is 4.84 Å². The minimum Gasteiger partial charge on any atom is -0.389 e. The Balaban J connectivity index is 1.91. The highest BCUT2D eigenvalue weighted by atomic mass is 16.7. The Morgan fingerprint density at radius 2 is 2.35 bits per heavy atom. The lowest BCUT2D eigenvalue weighted by Gasteiger charge is -2.19. The van der Waals surface area contributed by atoms with Gasteiger partial charge in [-0.25, -0.2) is 15.0 Å². The van der Waals surface area contributed by atoms with Gasteiger partial charge in [0.2, 0.25) is 5.95 Å². The molecule has 2 heterocycles. The summed E-state index contributed by atoms with van der Waals surface area (Å²) in [5.74, 6) is 0.247. The van der Waals surface area contributed by atoms with Crippen molar-refractivity contribution in [2.75, 3.05) is 31.6 Å². The average molecular weight is 238 g/mol. The summed E-state index contributed by atoms with van der Waals surface area (Å²) in [6.07, 6.45) is 2.62. The molecule has 0 unspecified atom stereocenters. The van der Waals surface area contributed by atoms with Crippen molar-refractivity contribution in [2.24, 2.45) is 0 Å². The third-order valence-corrected chi connectivity index (χ3v) is 2.34. The number of hydrogen-bond donors (Lipinski definition) is 1. The lowest BCUT2D eigenvalue weighted by Crippen LogP contribution is -2.38. The number of anilines is 1. The smallest absolute Gasteiger partial charge is 0.265 e. The van der Waals surface area contributed by atoms with Crippen LogP contribution in [-0.4, -0.2) is 58.9 Å². The first kappa shape index (κ1) is 11.7. The van der Waals surface area contributed by atoms with E-state index in [2.05, 4.69) is 9.97 Å². The van der Waals surface area contributed by atoms with Crippen molar-refractivity contribution in [3.8, 4) is 0 Å². The number of aliphatic hydroxyl groups excluding tert-OH is 1. The highest BCUT2D eigenvalue weighted by Gasteiger charge is 2.26. The molecule has 1 atom stereocenters. The Bertz CT molecular complexity index is 386. The molecule has 17 heavy (non-hydrogen) atoms. The van der Waals surface area contributed by atoms with Gasteiger partial charge in [0.1, 0.15) is 13.2 Å². The van der Waals surface area contributed by atoms with Crippen molar-refractivity contribution in [3.05, 3.63) is 18.5 Å². The van der Waals surface area contributed by atoms with Crippen molar-refractivity contribution in [3.63, 3.8) is 0 Å². The maximum Gasteiger partial charge on any atom is 0.265 e. The molecule has 7 nitrogen and oxygen atoms in total. The number of carbonyl (C=O) groups excluding carboxylic acids is 1. The second-order valence-corrected chi connectivity index (χ2v) is 3.81. The molecule has 92 valence electrons. The molecule has 0 radical (unpaired) electrons. The third kappa shape index (κ3) is 2.89. The lowest BCUT2D eigenvalue weighted by atomic mass is 10.4. The van der Waals surface area contributed by atoms with Crippen LogP contribution in [0.25, 0.3) is 0 Å². The summed E-state index contributed by atoms with van der Waals surface area (Å²) in [6.45, 7) is 0.482. The highest BCUT2D eigenvalue weighted by Crippen LogP contribution is 2.08.